The zero-order valence-electron chi connectivity index (χ0n) is 16.1. The normalized spacial score (nSPS) is 12.5. The molecule has 6 nitrogen and oxygen atoms in total. The van der Waals surface area contributed by atoms with Gasteiger partial charge in [0.05, 0.1) is 17.2 Å². The van der Waals surface area contributed by atoms with E-state index in [1.165, 1.54) is 44.9 Å². The van der Waals surface area contributed by atoms with Crippen LogP contribution in [0.25, 0.3) is 0 Å². The second-order valence-corrected chi connectivity index (χ2v) is 8.13. The predicted octanol–water partition coefficient (Wildman–Crippen LogP) is 3.28. The van der Waals surface area contributed by atoms with Gasteiger partial charge in [-0.15, -0.1) is 0 Å². The summed E-state index contributed by atoms with van der Waals surface area (Å²) in [7, 11) is -2.07. The fourth-order valence-electron chi connectivity index (χ4n) is 2.46. The number of aryl methyl sites for hydroxylation is 1. The molecule has 1 aromatic rings. The maximum atomic E-state index is 10.3. The largest absolute Gasteiger partial charge is 0.748 e. The van der Waals surface area contributed by atoms with Crippen molar-refractivity contribution in [3.05, 3.63) is 18.7 Å². The van der Waals surface area contributed by atoms with Crippen LogP contribution in [-0.4, -0.2) is 28.4 Å². The SMILES string of the molecule is CC(O)n1cc[n+](C)c1.CCCCCCCCCCCCS(=O)(=O)[O-]. The summed E-state index contributed by atoms with van der Waals surface area (Å²) in [6.45, 7) is 3.93. The molecular weight excluding hydrogens is 340 g/mol. The quantitative estimate of drug-likeness (QED) is 0.344. The number of imidazole rings is 1. The number of rotatable bonds is 12. The number of hydrogen-bond donors (Lipinski definition) is 1. The van der Waals surface area contributed by atoms with E-state index in [1.54, 1.807) is 11.5 Å². The molecule has 0 bridgehead atoms. The van der Waals surface area contributed by atoms with Crippen LogP contribution < -0.4 is 4.57 Å². The lowest BCUT2D eigenvalue weighted by atomic mass is 10.1. The first kappa shape index (κ1) is 24.1. The van der Waals surface area contributed by atoms with Crippen molar-refractivity contribution in [2.24, 2.45) is 7.05 Å². The van der Waals surface area contributed by atoms with Gasteiger partial charge in [0.2, 0.25) is 6.33 Å². The maximum absolute atomic E-state index is 10.3. The minimum Gasteiger partial charge on any atom is -0.748 e. The average Bonchev–Trinajstić information content (AvgIpc) is 2.96. The molecule has 0 fully saturated rings. The van der Waals surface area contributed by atoms with Gasteiger partial charge in [-0.1, -0.05) is 64.7 Å². The van der Waals surface area contributed by atoms with E-state index in [0.717, 1.165) is 12.8 Å². The monoisotopic (exact) mass is 376 g/mol. The highest BCUT2D eigenvalue weighted by molar-refractivity contribution is 7.85. The number of unbranched alkanes of at least 4 members (excludes halogenated alkanes) is 9. The summed E-state index contributed by atoms with van der Waals surface area (Å²) in [5.41, 5.74) is 0. The van der Waals surface area contributed by atoms with Crippen LogP contribution in [-0.2, 0) is 17.2 Å². The Morgan fingerprint density at radius 3 is 1.84 bits per heavy atom. The molecule has 0 aliphatic carbocycles. The zero-order chi connectivity index (χ0) is 19.1. The molecule has 1 aromatic heterocycles. The second-order valence-electron chi connectivity index (χ2n) is 6.60. The van der Waals surface area contributed by atoms with E-state index in [4.69, 9.17) is 5.11 Å². The minimum absolute atomic E-state index is 0.191. The summed E-state index contributed by atoms with van der Waals surface area (Å²) < 4.78 is 34.5. The van der Waals surface area contributed by atoms with Gasteiger partial charge in [-0.05, 0) is 6.42 Å². The van der Waals surface area contributed by atoms with E-state index in [2.05, 4.69) is 6.92 Å². The summed E-state index contributed by atoms with van der Waals surface area (Å²) in [5, 5.41) is 8.99. The topological polar surface area (TPSA) is 86.2 Å². The average molecular weight is 377 g/mol. The Hall–Kier alpha value is -0.920. The molecule has 148 valence electrons. The molecule has 1 heterocycles. The van der Waals surface area contributed by atoms with E-state index in [-0.39, 0.29) is 5.75 Å². The Labute approximate surface area is 153 Å². The van der Waals surface area contributed by atoms with Crippen LogP contribution in [0.4, 0.5) is 0 Å². The molecule has 0 radical (unpaired) electrons. The van der Waals surface area contributed by atoms with E-state index in [0.29, 0.717) is 6.42 Å². The standard InChI is InChI=1S/C12H26O3S.C6H11N2O/c1-2-3-4-5-6-7-8-9-10-11-12-16(13,14)15;1-6(9)8-4-3-7(2)5-8/h2-12H2,1H3,(H,13,14,15);3-6,9H,1-2H3/q;+1/p-1. The number of aromatic nitrogens is 2. The number of hydrogen-bond acceptors (Lipinski definition) is 4. The van der Waals surface area contributed by atoms with Gasteiger partial charge in [0.15, 0.2) is 6.23 Å². The smallest absolute Gasteiger partial charge is 0.245 e. The zero-order valence-corrected chi connectivity index (χ0v) is 16.9. The van der Waals surface area contributed by atoms with Crippen molar-refractivity contribution in [2.45, 2.75) is 84.3 Å². The Bertz CT molecular complexity index is 527. The molecular formula is C18H36N2O4S. The number of aliphatic hydroxyl groups is 1. The van der Waals surface area contributed by atoms with Crippen LogP contribution in [0, 0.1) is 0 Å². The van der Waals surface area contributed by atoms with Gasteiger partial charge in [0.1, 0.15) is 12.4 Å². The van der Waals surface area contributed by atoms with Crippen LogP contribution >= 0.6 is 0 Å². The minimum atomic E-state index is -3.98. The molecule has 1 N–H and O–H groups in total. The maximum Gasteiger partial charge on any atom is 0.245 e. The Balaban J connectivity index is 0.000000535. The fraction of sp³-hybridized carbons (Fsp3) is 0.833. The summed E-state index contributed by atoms with van der Waals surface area (Å²) in [5.74, 6) is -0.191. The summed E-state index contributed by atoms with van der Waals surface area (Å²) in [4.78, 5) is 0. The van der Waals surface area contributed by atoms with Crippen molar-refractivity contribution < 1.29 is 22.6 Å². The van der Waals surface area contributed by atoms with E-state index >= 15 is 0 Å². The molecule has 0 spiro atoms. The Kier molecular flexibility index (Phi) is 13.7. The highest BCUT2D eigenvalue weighted by Gasteiger charge is 2.03. The van der Waals surface area contributed by atoms with Crippen molar-refractivity contribution in [1.82, 2.24) is 4.57 Å². The molecule has 7 heteroatoms. The van der Waals surface area contributed by atoms with Crippen molar-refractivity contribution in [1.29, 1.82) is 0 Å². The van der Waals surface area contributed by atoms with Crippen molar-refractivity contribution in [3.63, 3.8) is 0 Å². The molecule has 0 aromatic carbocycles. The lowest BCUT2D eigenvalue weighted by Gasteiger charge is -2.05. The number of aliphatic hydroxyl groups excluding tert-OH is 1. The van der Waals surface area contributed by atoms with E-state index in [9.17, 15) is 13.0 Å². The molecule has 1 unspecified atom stereocenters. The molecule has 0 saturated heterocycles. The fourth-order valence-corrected chi connectivity index (χ4v) is 3.01. The third-order valence-electron chi connectivity index (χ3n) is 3.97. The van der Waals surface area contributed by atoms with Crippen molar-refractivity contribution in [2.75, 3.05) is 5.75 Å². The molecule has 0 saturated carbocycles. The summed E-state index contributed by atoms with van der Waals surface area (Å²) >= 11 is 0. The van der Waals surface area contributed by atoms with Crippen molar-refractivity contribution >= 4 is 10.1 Å². The number of nitrogens with zero attached hydrogens (tertiary/aromatic N) is 2. The lowest BCUT2D eigenvalue weighted by molar-refractivity contribution is -0.671. The molecule has 0 amide bonds. The van der Waals surface area contributed by atoms with Gasteiger partial charge in [-0.25, -0.2) is 17.6 Å². The predicted molar refractivity (Wildman–Crippen MR) is 98.9 cm³/mol. The van der Waals surface area contributed by atoms with Gasteiger partial charge in [-0.2, -0.15) is 0 Å². The van der Waals surface area contributed by atoms with Gasteiger partial charge in [-0.3, -0.25) is 0 Å². The Morgan fingerprint density at radius 1 is 1.04 bits per heavy atom. The van der Waals surface area contributed by atoms with Gasteiger partial charge in [0.25, 0.3) is 0 Å². The molecule has 0 aliphatic rings. The highest BCUT2D eigenvalue weighted by Crippen LogP contribution is 2.10. The van der Waals surface area contributed by atoms with Gasteiger partial charge in [0, 0.05) is 12.7 Å². The van der Waals surface area contributed by atoms with E-state index in [1.807, 2.05) is 30.3 Å². The second kappa shape index (κ2) is 14.3. The third-order valence-corrected chi connectivity index (χ3v) is 4.76. The van der Waals surface area contributed by atoms with Crippen LogP contribution in [0.5, 0.6) is 0 Å². The van der Waals surface area contributed by atoms with Crippen molar-refractivity contribution in [3.8, 4) is 0 Å². The van der Waals surface area contributed by atoms with Gasteiger partial charge < -0.3 is 9.66 Å². The molecule has 25 heavy (non-hydrogen) atoms. The first-order valence-electron chi connectivity index (χ1n) is 9.40. The van der Waals surface area contributed by atoms with Crippen LogP contribution in [0.3, 0.4) is 0 Å². The van der Waals surface area contributed by atoms with Crippen LogP contribution in [0.15, 0.2) is 18.7 Å². The molecule has 1 rings (SSSR count). The molecule has 0 aliphatic heterocycles. The summed E-state index contributed by atoms with van der Waals surface area (Å²) in [6.07, 6.45) is 16.5. The third kappa shape index (κ3) is 16.3. The highest BCUT2D eigenvalue weighted by atomic mass is 32.2. The summed E-state index contributed by atoms with van der Waals surface area (Å²) in [6, 6.07) is 0. The van der Waals surface area contributed by atoms with E-state index < -0.39 is 16.3 Å². The molecule has 1 atom stereocenters. The Morgan fingerprint density at radius 2 is 1.52 bits per heavy atom. The first-order valence-corrected chi connectivity index (χ1v) is 11.0. The lowest BCUT2D eigenvalue weighted by Crippen LogP contribution is -2.24. The van der Waals surface area contributed by atoms with Crippen LogP contribution in [0.1, 0.15) is 84.3 Å². The first-order chi connectivity index (χ1) is 11.8. The van der Waals surface area contributed by atoms with Crippen LogP contribution in [0.2, 0.25) is 0 Å². The van der Waals surface area contributed by atoms with Gasteiger partial charge >= 0.3 is 0 Å².